The van der Waals surface area contributed by atoms with E-state index >= 15 is 0 Å². The van der Waals surface area contributed by atoms with Gasteiger partial charge >= 0.3 is 0 Å². The molecule has 0 radical (unpaired) electrons. The predicted molar refractivity (Wildman–Crippen MR) is 27.3 cm³/mol. The van der Waals surface area contributed by atoms with Gasteiger partial charge in [-0.15, -0.1) is 0 Å². The molecule has 0 spiro atoms. The molecule has 0 heterocycles. The van der Waals surface area contributed by atoms with E-state index < -0.39 is 26.7 Å². The van der Waals surface area contributed by atoms with Crippen molar-refractivity contribution >= 4 is 22.2 Å². The first kappa shape index (κ1) is 8.22. The molecule has 0 aliphatic heterocycles. The molecule has 0 fully saturated rings. The molecule has 6 heteroatoms. The van der Waals surface area contributed by atoms with E-state index in [4.69, 9.17) is 0 Å². The van der Waals surface area contributed by atoms with Crippen LogP contribution in [0.4, 0.5) is 0 Å². The van der Waals surface area contributed by atoms with Gasteiger partial charge in [0.25, 0.3) is 0 Å². The van der Waals surface area contributed by atoms with E-state index in [0.29, 0.717) is 0 Å². The maximum Gasteiger partial charge on any atom is 0.0809 e. The van der Waals surface area contributed by atoms with Gasteiger partial charge in [0.2, 0.25) is 0 Å². The van der Waals surface area contributed by atoms with E-state index in [2.05, 4.69) is 0 Å². The lowest BCUT2D eigenvalue weighted by Gasteiger charge is -2.16. The molecule has 50 valence electrons. The van der Waals surface area contributed by atoms with Crippen LogP contribution in [0.1, 0.15) is 6.92 Å². The van der Waals surface area contributed by atoms with Gasteiger partial charge in [-0.05, 0) is 29.1 Å². The van der Waals surface area contributed by atoms with Crippen molar-refractivity contribution in [2.45, 2.75) is 11.5 Å². The summed E-state index contributed by atoms with van der Waals surface area (Å²) in [6.07, 6.45) is 0. The van der Waals surface area contributed by atoms with E-state index in [1.807, 2.05) is 0 Å². The van der Waals surface area contributed by atoms with Crippen LogP contribution < -0.4 is 0 Å². The number of hydrogen-bond donors (Lipinski definition) is 0. The van der Waals surface area contributed by atoms with Gasteiger partial charge in [0.15, 0.2) is 0 Å². The molecular formula is C2H4O4S2-2. The van der Waals surface area contributed by atoms with Crippen LogP contribution in [0.2, 0.25) is 0 Å². The molecule has 2 atom stereocenters. The SMILES string of the molecule is CC(S(=O)[O-])S(=O)[O-]. The van der Waals surface area contributed by atoms with Crippen molar-refractivity contribution in [2.24, 2.45) is 0 Å². The molecule has 2 unspecified atom stereocenters. The molecule has 0 amide bonds. The summed E-state index contributed by atoms with van der Waals surface area (Å²) in [5, 5.41) is 0. The Balaban J connectivity index is 3.83. The molecule has 0 aromatic heterocycles. The quantitative estimate of drug-likeness (QED) is 0.485. The molecule has 8 heavy (non-hydrogen) atoms. The molecule has 0 saturated carbocycles. The van der Waals surface area contributed by atoms with Crippen LogP contribution in [0.15, 0.2) is 0 Å². The van der Waals surface area contributed by atoms with Gasteiger partial charge in [-0.2, -0.15) is 0 Å². The molecule has 0 saturated heterocycles. The summed E-state index contributed by atoms with van der Waals surface area (Å²) in [7, 11) is 0. The lowest BCUT2D eigenvalue weighted by atomic mass is 11.0. The van der Waals surface area contributed by atoms with Crippen molar-refractivity contribution in [1.29, 1.82) is 0 Å². The number of hydrogen-bond acceptors (Lipinski definition) is 4. The van der Waals surface area contributed by atoms with Crippen LogP contribution >= 0.6 is 0 Å². The molecule has 0 aliphatic rings. The van der Waals surface area contributed by atoms with Gasteiger partial charge < -0.3 is 9.11 Å². The van der Waals surface area contributed by atoms with Crippen LogP contribution in [-0.2, 0) is 22.2 Å². The summed E-state index contributed by atoms with van der Waals surface area (Å²) in [6.45, 7) is 1.09. The Morgan fingerprint density at radius 2 is 1.50 bits per heavy atom. The summed E-state index contributed by atoms with van der Waals surface area (Å²) in [5.74, 6) is 0. The molecule has 0 aromatic rings. The summed E-state index contributed by atoms with van der Waals surface area (Å²) in [4.78, 5) is 0. The van der Waals surface area contributed by atoms with Crippen LogP contribution in [-0.4, -0.2) is 22.1 Å². The highest BCUT2D eigenvalue weighted by Crippen LogP contribution is 1.93. The second-order valence-electron chi connectivity index (χ2n) is 1.09. The molecule has 0 aliphatic carbocycles. The topological polar surface area (TPSA) is 80.3 Å². The van der Waals surface area contributed by atoms with Crippen molar-refractivity contribution in [3.8, 4) is 0 Å². The molecule has 0 aromatic carbocycles. The summed E-state index contributed by atoms with van der Waals surface area (Å²) < 4.78 is 37.7. The fourth-order valence-corrected chi connectivity index (χ4v) is 0.577. The highest BCUT2D eigenvalue weighted by Gasteiger charge is 1.98. The Morgan fingerprint density at radius 3 is 1.50 bits per heavy atom. The first-order chi connectivity index (χ1) is 3.55. The second-order valence-corrected chi connectivity index (χ2v) is 3.84. The Labute approximate surface area is 51.9 Å². The molecule has 0 bridgehead atoms. The van der Waals surface area contributed by atoms with Crippen molar-refractivity contribution in [3.63, 3.8) is 0 Å². The molecule has 0 rings (SSSR count). The summed E-state index contributed by atoms with van der Waals surface area (Å²) in [6, 6.07) is 0. The Hall–Kier alpha value is 0.220. The molecule has 0 N–H and O–H groups in total. The van der Waals surface area contributed by atoms with Crippen molar-refractivity contribution < 1.29 is 17.5 Å². The van der Waals surface area contributed by atoms with E-state index in [9.17, 15) is 17.5 Å². The Bertz CT molecular complexity index is 107. The van der Waals surface area contributed by atoms with Gasteiger partial charge in [-0.25, -0.2) is 0 Å². The normalized spacial score (nSPS) is 21.9. The average Bonchev–Trinajstić information content (AvgIpc) is 1.64. The van der Waals surface area contributed by atoms with Crippen molar-refractivity contribution in [3.05, 3.63) is 0 Å². The van der Waals surface area contributed by atoms with Crippen LogP contribution in [0.5, 0.6) is 0 Å². The zero-order valence-electron chi connectivity index (χ0n) is 4.03. The van der Waals surface area contributed by atoms with E-state index in [1.165, 1.54) is 0 Å². The molecular weight excluding hydrogens is 152 g/mol. The van der Waals surface area contributed by atoms with E-state index in [1.54, 1.807) is 0 Å². The largest absolute Gasteiger partial charge is 0.771 e. The molecule has 4 nitrogen and oxygen atoms in total. The average molecular weight is 156 g/mol. The first-order valence-electron chi connectivity index (χ1n) is 1.72. The zero-order valence-corrected chi connectivity index (χ0v) is 5.66. The maximum absolute atomic E-state index is 9.75. The third kappa shape index (κ3) is 2.51. The van der Waals surface area contributed by atoms with Gasteiger partial charge in [-0.1, -0.05) is 0 Å². The second kappa shape index (κ2) is 3.29. The van der Waals surface area contributed by atoms with E-state index in [-0.39, 0.29) is 0 Å². The fraction of sp³-hybridized carbons (Fsp3) is 1.00. The van der Waals surface area contributed by atoms with Gasteiger partial charge in [0, 0.05) is 0 Å². The smallest absolute Gasteiger partial charge is 0.0809 e. The predicted octanol–water partition coefficient (Wildman–Crippen LogP) is -0.909. The maximum atomic E-state index is 9.75. The van der Waals surface area contributed by atoms with Crippen LogP contribution in [0, 0.1) is 0 Å². The van der Waals surface area contributed by atoms with Gasteiger partial charge in [-0.3, -0.25) is 8.42 Å². The van der Waals surface area contributed by atoms with Crippen molar-refractivity contribution in [2.75, 3.05) is 0 Å². The first-order valence-corrected chi connectivity index (χ1v) is 3.99. The third-order valence-corrected chi connectivity index (χ3v) is 2.57. The highest BCUT2D eigenvalue weighted by molar-refractivity contribution is 7.97. The van der Waals surface area contributed by atoms with Crippen LogP contribution in [0.25, 0.3) is 0 Å². The lowest BCUT2D eigenvalue weighted by Crippen LogP contribution is -2.15. The third-order valence-electron chi connectivity index (χ3n) is 0.542. The minimum Gasteiger partial charge on any atom is -0.771 e. The van der Waals surface area contributed by atoms with Crippen LogP contribution in [0.3, 0.4) is 0 Å². The fourth-order valence-electron chi connectivity index (χ4n) is 0.0642. The minimum atomic E-state index is -2.50. The Morgan fingerprint density at radius 1 is 1.25 bits per heavy atom. The Kier molecular flexibility index (Phi) is 3.38. The standard InChI is InChI=1S/C2H6O4S2/c1-2(7(3)4)8(5)6/h2H,1H3,(H,3,4)(H,5,6)/p-2. The lowest BCUT2D eigenvalue weighted by molar-refractivity contribution is 0.516. The monoisotopic (exact) mass is 156 g/mol. The van der Waals surface area contributed by atoms with E-state index in [0.717, 1.165) is 6.92 Å². The minimum absolute atomic E-state index is 1.09. The highest BCUT2D eigenvalue weighted by atomic mass is 32.3. The summed E-state index contributed by atoms with van der Waals surface area (Å²) >= 11 is -5.01. The van der Waals surface area contributed by atoms with Gasteiger partial charge in [0.05, 0.1) is 4.58 Å². The number of rotatable bonds is 2. The zero-order chi connectivity index (χ0) is 6.73. The summed E-state index contributed by atoms with van der Waals surface area (Å²) in [5.41, 5.74) is 0. The van der Waals surface area contributed by atoms with Gasteiger partial charge in [0.1, 0.15) is 0 Å². The van der Waals surface area contributed by atoms with Crippen molar-refractivity contribution in [1.82, 2.24) is 0 Å².